The summed E-state index contributed by atoms with van der Waals surface area (Å²) in [5, 5.41) is 15.4. The van der Waals surface area contributed by atoms with Crippen molar-refractivity contribution < 1.29 is 19.1 Å². The minimum Gasteiger partial charge on any atom is -0.449 e. The highest BCUT2D eigenvalue weighted by molar-refractivity contribution is 5.98. The number of urea groups is 1. The Bertz CT molecular complexity index is 759. The minimum atomic E-state index is -1.14. The average molecular weight is 346 g/mol. The number of rotatable bonds is 5. The van der Waals surface area contributed by atoms with Gasteiger partial charge in [0.1, 0.15) is 6.33 Å². The van der Waals surface area contributed by atoms with Crippen LogP contribution < -0.4 is 10.6 Å². The van der Waals surface area contributed by atoms with Crippen LogP contribution in [0.15, 0.2) is 30.6 Å². The molecule has 0 aliphatic rings. The van der Waals surface area contributed by atoms with Gasteiger partial charge in [-0.3, -0.25) is 10.1 Å². The van der Waals surface area contributed by atoms with Crippen molar-refractivity contribution in [3.05, 3.63) is 36.2 Å². The van der Waals surface area contributed by atoms with Gasteiger partial charge in [0.05, 0.1) is 11.3 Å². The van der Waals surface area contributed by atoms with Crippen LogP contribution in [0.2, 0.25) is 0 Å². The van der Waals surface area contributed by atoms with Crippen molar-refractivity contribution in [2.45, 2.75) is 32.9 Å². The minimum absolute atomic E-state index is 0.125. The smallest absolute Gasteiger partial charge is 0.338 e. The lowest BCUT2D eigenvalue weighted by atomic mass is 10.2. The number of amides is 3. The number of nitrogens with zero attached hydrogens (tertiary/aromatic N) is 4. The van der Waals surface area contributed by atoms with Gasteiger partial charge in [-0.15, -0.1) is 5.10 Å². The van der Waals surface area contributed by atoms with Gasteiger partial charge in [0.2, 0.25) is 0 Å². The molecule has 1 heterocycles. The number of benzene rings is 1. The normalized spacial score (nSPS) is 11.7. The molecule has 10 heteroatoms. The van der Waals surface area contributed by atoms with Crippen molar-refractivity contribution in [2.24, 2.45) is 0 Å². The van der Waals surface area contributed by atoms with E-state index in [2.05, 4.69) is 26.2 Å². The number of carbonyl (C=O) groups excluding carboxylic acids is 3. The Hall–Kier alpha value is -3.30. The van der Waals surface area contributed by atoms with Gasteiger partial charge in [0, 0.05) is 6.04 Å². The Kier molecular flexibility index (Phi) is 5.77. The van der Waals surface area contributed by atoms with E-state index in [-0.39, 0.29) is 11.6 Å². The van der Waals surface area contributed by atoms with Gasteiger partial charge in [-0.2, -0.15) is 0 Å². The number of imide groups is 1. The van der Waals surface area contributed by atoms with Gasteiger partial charge in [-0.25, -0.2) is 14.3 Å². The molecule has 132 valence electrons. The summed E-state index contributed by atoms with van der Waals surface area (Å²) in [6.07, 6.45) is 0.246. The van der Waals surface area contributed by atoms with Gasteiger partial charge in [0.25, 0.3) is 5.91 Å². The van der Waals surface area contributed by atoms with Crippen LogP contribution in [0.25, 0.3) is 5.69 Å². The van der Waals surface area contributed by atoms with Crippen LogP contribution in [0, 0.1) is 0 Å². The maximum absolute atomic E-state index is 12.2. The number of nitrogens with one attached hydrogen (secondary N) is 2. The summed E-state index contributed by atoms with van der Waals surface area (Å²) in [5.74, 6) is -1.43. The number of carbonyl (C=O) groups is 3. The second-order valence-electron chi connectivity index (χ2n) is 5.47. The fourth-order valence-electron chi connectivity index (χ4n) is 1.85. The third-order valence-corrected chi connectivity index (χ3v) is 3.00. The van der Waals surface area contributed by atoms with E-state index in [9.17, 15) is 14.4 Å². The summed E-state index contributed by atoms with van der Waals surface area (Å²) >= 11 is 0. The highest BCUT2D eigenvalue weighted by Crippen LogP contribution is 2.11. The Morgan fingerprint density at radius 3 is 2.60 bits per heavy atom. The van der Waals surface area contributed by atoms with Gasteiger partial charge in [-0.05, 0) is 49.4 Å². The van der Waals surface area contributed by atoms with E-state index in [0.29, 0.717) is 5.69 Å². The molecule has 25 heavy (non-hydrogen) atoms. The van der Waals surface area contributed by atoms with Crippen LogP contribution in [-0.2, 0) is 9.53 Å². The molecule has 10 nitrogen and oxygen atoms in total. The van der Waals surface area contributed by atoms with Crippen LogP contribution in [0.1, 0.15) is 31.1 Å². The Morgan fingerprint density at radius 2 is 1.96 bits per heavy atom. The van der Waals surface area contributed by atoms with Gasteiger partial charge >= 0.3 is 12.0 Å². The molecule has 0 aliphatic carbocycles. The SMILES string of the molecule is CC(C)NC(=O)NC(=O)C(C)OC(=O)c1cccc(-n2cnnn2)c1. The third-order valence-electron chi connectivity index (χ3n) is 3.00. The number of aromatic nitrogens is 4. The van der Waals surface area contributed by atoms with Crippen LogP contribution in [0.3, 0.4) is 0 Å². The zero-order valence-electron chi connectivity index (χ0n) is 14.0. The van der Waals surface area contributed by atoms with Gasteiger partial charge in [0.15, 0.2) is 6.10 Å². The first-order chi connectivity index (χ1) is 11.9. The molecular weight excluding hydrogens is 328 g/mol. The van der Waals surface area contributed by atoms with Crippen LogP contribution in [0.4, 0.5) is 4.79 Å². The van der Waals surface area contributed by atoms with E-state index in [1.165, 1.54) is 30.1 Å². The Morgan fingerprint density at radius 1 is 1.20 bits per heavy atom. The van der Waals surface area contributed by atoms with Gasteiger partial charge < -0.3 is 10.1 Å². The van der Waals surface area contributed by atoms with Gasteiger partial charge in [-0.1, -0.05) is 6.07 Å². The third kappa shape index (κ3) is 5.09. The summed E-state index contributed by atoms with van der Waals surface area (Å²) in [6, 6.07) is 5.62. The summed E-state index contributed by atoms with van der Waals surface area (Å²) < 4.78 is 6.46. The molecule has 0 bridgehead atoms. The first-order valence-corrected chi connectivity index (χ1v) is 7.52. The van der Waals surface area contributed by atoms with Crippen molar-refractivity contribution in [3.63, 3.8) is 0 Å². The first kappa shape index (κ1) is 18.0. The molecule has 0 fully saturated rings. The standard InChI is InChI=1S/C15H18N6O4/c1-9(2)17-15(24)18-13(22)10(3)25-14(23)11-5-4-6-12(7-11)21-8-16-19-20-21/h4-10H,1-3H3,(H2,17,18,22,24). The molecule has 1 unspecified atom stereocenters. The van der Waals surface area contributed by atoms with Crippen molar-refractivity contribution in [2.75, 3.05) is 0 Å². The maximum atomic E-state index is 12.2. The van der Waals surface area contributed by atoms with E-state index in [1.54, 1.807) is 26.0 Å². The highest BCUT2D eigenvalue weighted by Gasteiger charge is 2.21. The summed E-state index contributed by atoms with van der Waals surface area (Å²) in [4.78, 5) is 35.6. The van der Waals surface area contributed by atoms with E-state index >= 15 is 0 Å². The van der Waals surface area contributed by atoms with Crippen LogP contribution in [0.5, 0.6) is 0 Å². The molecule has 3 amide bonds. The lowest BCUT2D eigenvalue weighted by Gasteiger charge is -2.14. The van der Waals surface area contributed by atoms with Crippen LogP contribution >= 0.6 is 0 Å². The number of hydrogen-bond acceptors (Lipinski definition) is 7. The molecule has 0 radical (unpaired) electrons. The summed E-state index contributed by atoms with van der Waals surface area (Å²) in [5.41, 5.74) is 0.784. The summed E-state index contributed by atoms with van der Waals surface area (Å²) in [6.45, 7) is 4.89. The molecule has 1 aromatic carbocycles. The van der Waals surface area contributed by atoms with E-state index in [0.717, 1.165) is 0 Å². The monoisotopic (exact) mass is 346 g/mol. The number of hydrogen-bond donors (Lipinski definition) is 2. The zero-order chi connectivity index (χ0) is 18.4. The highest BCUT2D eigenvalue weighted by atomic mass is 16.5. The molecule has 0 spiro atoms. The molecule has 1 aromatic heterocycles. The topological polar surface area (TPSA) is 128 Å². The average Bonchev–Trinajstić information content (AvgIpc) is 3.08. The molecule has 1 atom stereocenters. The number of ether oxygens (including phenoxy) is 1. The summed E-state index contributed by atoms with van der Waals surface area (Å²) in [7, 11) is 0. The van der Waals surface area contributed by atoms with Crippen molar-refractivity contribution in [1.29, 1.82) is 0 Å². The van der Waals surface area contributed by atoms with E-state index in [4.69, 9.17) is 4.74 Å². The molecule has 2 N–H and O–H groups in total. The lowest BCUT2D eigenvalue weighted by Crippen LogP contribution is -2.46. The van der Waals surface area contributed by atoms with Crippen LogP contribution in [-0.4, -0.2) is 50.3 Å². The number of tetrazole rings is 1. The molecule has 2 rings (SSSR count). The predicted octanol–water partition coefficient (Wildman–Crippen LogP) is 0.442. The fraction of sp³-hybridized carbons (Fsp3) is 0.333. The maximum Gasteiger partial charge on any atom is 0.338 e. The zero-order valence-corrected chi connectivity index (χ0v) is 14.0. The Balaban J connectivity index is 1.98. The Labute approximate surface area is 143 Å². The van der Waals surface area contributed by atoms with E-state index in [1.807, 2.05) is 0 Å². The fourth-order valence-corrected chi connectivity index (χ4v) is 1.85. The first-order valence-electron chi connectivity index (χ1n) is 7.52. The molecule has 0 saturated heterocycles. The predicted molar refractivity (Wildman–Crippen MR) is 85.8 cm³/mol. The second kappa shape index (κ2) is 7.99. The quantitative estimate of drug-likeness (QED) is 0.752. The second-order valence-corrected chi connectivity index (χ2v) is 5.47. The molecule has 0 aliphatic heterocycles. The van der Waals surface area contributed by atoms with Crippen molar-refractivity contribution >= 4 is 17.9 Å². The number of esters is 1. The van der Waals surface area contributed by atoms with E-state index < -0.39 is 24.0 Å². The largest absolute Gasteiger partial charge is 0.449 e. The lowest BCUT2D eigenvalue weighted by molar-refractivity contribution is -0.127. The van der Waals surface area contributed by atoms with Crippen molar-refractivity contribution in [1.82, 2.24) is 30.8 Å². The van der Waals surface area contributed by atoms with Crippen molar-refractivity contribution in [3.8, 4) is 5.69 Å². The molecular formula is C15H18N6O4. The molecule has 2 aromatic rings. The molecule has 0 saturated carbocycles.